The molecule has 0 aliphatic carbocycles. The first-order valence-corrected chi connectivity index (χ1v) is 14.2. The van der Waals surface area contributed by atoms with Crippen molar-refractivity contribution in [2.75, 3.05) is 13.2 Å². The molecule has 1 aromatic carbocycles. The van der Waals surface area contributed by atoms with Crippen molar-refractivity contribution >= 4 is 0 Å². The third-order valence-electron chi connectivity index (χ3n) is 6.77. The maximum Gasteiger partial charge on any atom is 0.0431 e. The van der Waals surface area contributed by atoms with E-state index in [1.54, 1.807) is 0 Å². The molecular formula is C30H54O2. The first-order valence-electron chi connectivity index (χ1n) is 14.2. The van der Waals surface area contributed by atoms with Gasteiger partial charge in [0.05, 0.1) is 0 Å². The van der Waals surface area contributed by atoms with Gasteiger partial charge in [-0.15, -0.1) is 0 Å². The number of benzene rings is 1. The smallest absolute Gasteiger partial charge is 0.0431 e. The van der Waals surface area contributed by atoms with E-state index in [0.717, 1.165) is 12.8 Å². The lowest BCUT2D eigenvalue weighted by molar-refractivity contribution is 0.282. The Balaban J connectivity index is 1.89. The Morgan fingerprint density at radius 1 is 0.312 bits per heavy atom. The van der Waals surface area contributed by atoms with Crippen LogP contribution in [0.2, 0.25) is 0 Å². The number of hydrogen-bond acceptors (Lipinski definition) is 2. The molecule has 0 unspecified atom stereocenters. The van der Waals surface area contributed by atoms with Crippen molar-refractivity contribution in [3.8, 4) is 0 Å². The van der Waals surface area contributed by atoms with Crippen molar-refractivity contribution < 1.29 is 10.2 Å². The van der Waals surface area contributed by atoms with Crippen molar-refractivity contribution in [3.63, 3.8) is 0 Å². The summed E-state index contributed by atoms with van der Waals surface area (Å²) in [6, 6.07) is 9.44. The number of rotatable bonds is 24. The predicted octanol–water partition coefficient (Wildman–Crippen LogP) is 8.56. The molecule has 0 radical (unpaired) electrons. The van der Waals surface area contributed by atoms with Crippen LogP contribution in [0.4, 0.5) is 0 Å². The number of aliphatic hydroxyl groups is 2. The topological polar surface area (TPSA) is 40.5 Å². The summed E-state index contributed by atoms with van der Waals surface area (Å²) in [6.07, 6.45) is 28.6. The molecule has 2 nitrogen and oxygen atoms in total. The van der Waals surface area contributed by atoms with E-state index in [9.17, 15) is 0 Å². The molecule has 1 aromatic rings. The molecule has 2 N–H and O–H groups in total. The molecule has 0 aliphatic heterocycles. The van der Waals surface area contributed by atoms with Crippen LogP contribution in [0.3, 0.4) is 0 Å². The maximum absolute atomic E-state index is 8.78. The highest BCUT2D eigenvalue weighted by Crippen LogP contribution is 2.15. The Morgan fingerprint density at radius 2 is 0.531 bits per heavy atom. The fourth-order valence-corrected chi connectivity index (χ4v) is 4.58. The summed E-state index contributed by atoms with van der Waals surface area (Å²) in [6.45, 7) is 0.717. The van der Waals surface area contributed by atoms with E-state index in [2.05, 4.69) is 24.3 Å². The van der Waals surface area contributed by atoms with Gasteiger partial charge in [0.15, 0.2) is 0 Å². The van der Waals surface area contributed by atoms with Gasteiger partial charge in [-0.2, -0.15) is 0 Å². The van der Waals surface area contributed by atoms with E-state index < -0.39 is 0 Å². The van der Waals surface area contributed by atoms with E-state index >= 15 is 0 Å². The Morgan fingerprint density at radius 3 is 0.781 bits per heavy atom. The van der Waals surface area contributed by atoms with Gasteiger partial charge in [0.25, 0.3) is 0 Å². The third-order valence-corrected chi connectivity index (χ3v) is 6.77. The minimum Gasteiger partial charge on any atom is -0.396 e. The molecule has 0 bridgehead atoms. The second-order valence-electron chi connectivity index (χ2n) is 9.83. The quantitative estimate of drug-likeness (QED) is 0.156. The molecule has 0 aliphatic rings. The Kier molecular flexibility index (Phi) is 21.2. The standard InChI is InChI=1S/C30H54O2/c31-27-19-15-11-7-3-1-5-9-13-17-21-29-23-25-30(26-24-29)22-18-14-10-6-2-4-8-12-16-20-28-32/h23-26,31-32H,1-22,27-28H2. The molecular weight excluding hydrogens is 392 g/mol. The number of aliphatic hydroxyl groups excluding tert-OH is 2. The molecule has 32 heavy (non-hydrogen) atoms. The molecule has 186 valence electrons. The lowest BCUT2D eigenvalue weighted by Crippen LogP contribution is -1.90. The van der Waals surface area contributed by atoms with Gasteiger partial charge in [0, 0.05) is 13.2 Å². The van der Waals surface area contributed by atoms with E-state index in [1.165, 1.54) is 140 Å². The van der Waals surface area contributed by atoms with Crippen LogP contribution < -0.4 is 0 Å². The van der Waals surface area contributed by atoms with E-state index in [-0.39, 0.29) is 0 Å². The third kappa shape index (κ3) is 18.7. The van der Waals surface area contributed by atoms with Crippen LogP contribution in [0.5, 0.6) is 0 Å². The summed E-state index contributed by atoms with van der Waals surface area (Å²) in [4.78, 5) is 0. The van der Waals surface area contributed by atoms with E-state index in [1.807, 2.05) is 0 Å². The zero-order chi connectivity index (χ0) is 23.0. The fourth-order valence-electron chi connectivity index (χ4n) is 4.58. The van der Waals surface area contributed by atoms with Gasteiger partial charge in [-0.1, -0.05) is 127 Å². The Bertz CT molecular complexity index is 437. The highest BCUT2D eigenvalue weighted by molar-refractivity contribution is 5.22. The summed E-state index contributed by atoms with van der Waals surface area (Å²) < 4.78 is 0. The molecule has 0 spiro atoms. The largest absolute Gasteiger partial charge is 0.396 e. The summed E-state index contributed by atoms with van der Waals surface area (Å²) >= 11 is 0. The summed E-state index contributed by atoms with van der Waals surface area (Å²) in [5.41, 5.74) is 3.02. The first kappa shape index (κ1) is 29.2. The summed E-state index contributed by atoms with van der Waals surface area (Å²) in [5.74, 6) is 0. The average Bonchev–Trinajstić information content (AvgIpc) is 2.82. The van der Waals surface area contributed by atoms with E-state index in [4.69, 9.17) is 10.2 Å². The van der Waals surface area contributed by atoms with Crippen LogP contribution in [0.25, 0.3) is 0 Å². The number of aryl methyl sites for hydroxylation is 2. The molecule has 1 rings (SSSR count). The molecule has 0 atom stereocenters. The fraction of sp³-hybridized carbons (Fsp3) is 0.800. The normalized spacial score (nSPS) is 11.3. The molecule has 0 aromatic heterocycles. The van der Waals surface area contributed by atoms with E-state index in [0.29, 0.717) is 13.2 Å². The Hall–Kier alpha value is -0.860. The minimum absolute atomic E-state index is 0.358. The zero-order valence-corrected chi connectivity index (χ0v) is 21.2. The highest BCUT2D eigenvalue weighted by Gasteiger charge is 1.98. The Labute approximate surface area is 200 Å². The maximum atomic E-state index is 8.78. The molecule has 2 heteroatoms. The van der Waals surface area contributed by atoms with Crippen LogP contribution in [0.1, 0.15) is 140 Å². The van der Waals surface area contributed by atoms with Crippen molar-refractivity contribution in [2.45, 2.75) is 141 Å². The van der Waals surface area contributed by atoms with Gasteiger partial charge in [0.1, 0.15) is 0 Å². The van der Waals surface area contributed by atoms with Crippen LogP contribution >= 0.6 is 0 Å². The monoisotopic (exact) mass is 446 g/mol. The van der Waals surface area contributed by atoms with Gasteiger partial charge in [0.2, 0.25) is 0 Å². The van der Waals surface area contributed by atoms with Gasteiger partial charge in [-0.05, 0) is 49.7 Å². The van der Waals surface area contributed by atoms with Crippen LogP contribution in [0, 0.1) is 0 Å². The second-order valence-corrected chi connectivity index (χ2v) is 9.83. The highest BCUT2D eigenvalue weighted by atomic mass is 16.3. The van der Waals surface area contributed by atoms with Crippen molar-refractivity contribution in [1.82, 2.24) is 0 Å². The lowest BCUT2D eigenvalue weighted by atomic mass is 10.0. The van der Waals surface area contributed by atoms with Crippen LogP contribution in [-0.4, -0.2) is 23.4 Å². The zero-order valence-electron chi connectivity index (χ0n) is 21.2. The van der Waals surface area contributed by atoms with Gasteiger partial charge in [-0.25, -0.2) is 0 Å². The van der Waals surface area contributed by atoms with Gasteiger partial charge >= 0.3 is 0 Å². The van der Waals surface area contributed by atoms with Gasteiger partial charge in [-0.3, -0.25) is 0 Å². The van der Waals surface area contributed by atoms with Crippen molar-refractivity contribution in [3.05, 3.63) is 35.4 Å². The van der Waals surface area contributed by atoms with Crippen molar-refractivity contribution in [2.24, 2.45) is 0 Å². The second kappa shape index (κ2) is 23.3. The summed E-state index contributed by atoms with van der Waals surface area (Å²) in [7, 11) is 0. The average molecular weight is 447 g/mol. The van der Waals surface area contributed by atoms with Crippen molar-refractivity contribution in [1.29, 1.82) is 0 Å². The van der Waals surface area contributed by atoms with Gasteiger partial charge < -0.3 is 10.2 Å². The molecule has 0 fully saturated rings. The first-order chi connectivity index (χ1) is 15.9. The summed E-state index contributed by atoms with van der Waals surface area (Å²) in [5, 5.41) is 17.6. The molecule has 0 saturated carbocycles. The predicted molar refractivity (Wildman–Crippen MR) is 140 cm³/mol. The number of unbranched alkanes of at least 4 members (excludes halogenated alkanes) is 18. The van der Waals surface area contributed by atoms with Crippen LogP contribution in [0.15, 0.2) is 24.3 Å². The minimum atomic E-state index is 0.358. The molecule has 0 saturated heterocycles. The molecule has 0 heterocycles. The number of hydrogen-bond donors (Lipinski definition) is 2. The lowest BCUT2D eigenvalue weighted by Gasteiger charge is -2.06. The van der Waals surface area contributed by atoms with Crippen LogP contribution in [-0.2, 0) is 12.8 Å². The SMILES string of the molecule is OCCCCCCCCCCCCc1ccc(CCCCCCCCCCCCO)cc1. The molecule has 0 amide bonds.